The zero-order valence-electron chi connectivity index (χ0n) is 13.2. The number of nitrogens with one attached hydrogen (secondary N) is 1. The summed E-state index contributed by atoms with van der Waals surface area (Å²) in [6.45, 7) is 8.39. The number of ether oxygens (including phenoxy) is 1. The van der Waals surface area contributed by atoms with Gasteiger partial charge in [0.25, 0.3) is 0 Å². The molecule has 0 heterocycles. The number of hydrogen-bond acceptors (Lipinski definition) is 2. The fourth-order valence-corrected chi connectivity index (χ4v) is 3.50. The lowest BCUT2D eigenvalue weighted by Crippen LogP contribution is -2.31. The van der Waals surface area contributed by atoms with Crippen LogP contribution in [0.4, 0.5) is 0 Å². The second kappa shape index (κ2) is 7.68. The largest absolute Gasteiger partial charge is 0.494 e. The highest BCUT2D eigenvalue weighted by molar-refractivity contribution is 5.29. The first-order valence-corrected chi connectivity index (χ1v) is 8.20. The minimum absolute atomic E-state index is 0.499. The molecule has 1 aromatic carbocycles. The summed E-state index contributed by atoms with van der Waals surface area (Å²) in [4.78, 5) is 0. The molecule has 0 bridgehead atoms. The quantitative estimate of drug-likeness (QED) is 0.821. The van der Waals surface area contributed by atoms with Gasteiger partial charge in [0, 0.05) is 6.04 Å². The standard InChI is InChI=1S/C18H29NO/c1-4-19-18(16-8-6-7-14(3)13-16)15-9-11-17(12-10-15)20-5-2/h9-12,14,16,18-19H,4-8,13H2,1-3H3. The SMILES string of the molecule is CCNC(c1ccc(OCC)cc1)C1CCCC(C)C1. The lowest BCUT2D eigenvalue weighted by molar-refractivity contribution is 0.225. The Morgan fingerprint density at radius 3 is 2.55 bits per heavy atom. The van der Waals surface area contributed by atoms with Crippen LogP contribution in [0.3, 0.4) is 0 Å². The molecule has 3 atom stereocenters. The molecule has 112 valence electrons. The minimum Gasteiger partial charge on any atom is -0.494 e. The molecule has 2 heteroatoms. The molecule has 1 N–H and O–H groups in total. The summed E-state index contributed by atoms with van der Waals surface area (Å²) < 4.78 is 5.54. The molecule has 1 aliphatic rings. The summed E-state index contributed by atoms with van der Waals surface area (Å²) in [5.41, 5.74) is 1.41. The van der Waals surface area contributed by atoms with Gasteiger partial charge in [-0.05, 0) is 55.8 Å². The van der Waals surface area contributed by atoms with Crippen LogP contribution in [0.2, 0.25) is 0 Å². The number of hydrogen-bond donors (Lipinski definition) is 1. The van der Waals surface area contributed by atoms with Crippen molar-refractivity contribution >= 4 is 0 Å². The zero-order valence-corrected chi connectivity index (χ0v) is 13.2. The fourth-order valence-electron chi connectivity index (χ4n) is 3.50. The third-order valence-corrected chi connectivity index (χ3v) is 4.42. The normalized spacial score (nSPS) is 24.4. The Balaban J connectivity index is 2.10. The van der Waals surface area contributed by atoms with Crippen molar-refractivity contribution in [3.8, 4) is 5.75 Å². The summed E-state index contributed by atoms with van der Waals surface area (Å²) in [5.74, 6) is 2.62. The molecule has 1 aliphatic carbocycles. The smallest absolute Gasteiger partial charge is 0.119 e. The van der Waals surface area contributed by atoms with Gasteiger partial charge in [-0.25, -0.2) is 0 Å². The predicted molar refractivity (Wildman–Crippen MR) is 85.2 cm³/mol. The molecule has 3 unspecified atom stereocenters. The van der Waals surface area contributed by atoms with E-state index in [1.807, 2.05) is 6.92 Å². The van der Waals surface area contributed by atoms with Crippen LogP contribution in [0.25, 0.3) is 0 Å². The minimum atomic E-state index is 0.499. The summed E-state index contributed by atoms with van der Waals surface area (Å²) in [6, 6.07) is 9.18. The topological polar surface area (TPSA) is 21.3 Å². The predicted octanol–water partition coefficient (Wildman–Crippen LogP) is 4.56. The van der Waals surface area contributed by atoms with Crippen molar-refractivity contribution in [2.45, 2.75) is 52.5 Å². The van der Waals surface area contributed by atoms with Crippen LogP contribution >= 0.6 is 0 Å². The molecule has 1 fully saturated rings. The second-order valence-electron chi connectivity index (χ2n) is 6.07. The van der Waals surface area contributed by atoms with E-state index in [1.54, 1.807) is 0 Å². The molecule has 0 aliphatic heterocycles. The van der Waals surface area contributed by atoms with E-state index in [0.717, 1.165) is 30.7 Å². The van der Waals surface area contributed by atoms with E-state index in [2.05, 4.69) is 43.4 Å². The van der Waals surface area contributed by atoms with Crippen LogP contribution in [0.1, 0.15) is 58.1 Å². The number of benzene rings is 1. The maximum Gasteiger partial charge on any atom is 0.119 e. The molecule has 0 aromatic heterocycles. The summed E-state index contributed by atoms with van der Waals surface area (Å²) in [6.07, 6.45) is 5.49. The van der Waals surface area contributed by atoms with E-state index in [-0.39, 0.29) is 0 Å². The Kier molecular flexibility index (Phi) is 5.90. The molecule has 1 aromatic rings. The van der Waals surface area contributed by atoms with Gasteiger partial charge < -0.3 is 10.1 Å². The van der Waals surface area contributed by atoms with Gasteiger partial charge in [-0.2, -0.15) is 0 Å². The van der Waals surface area contributed by atoms with Crippen LogP contribution in [-0.4, -0.2) is 13.2 Å². The molecule has 2 rings (SSSR count). The van der Waals surface area contributed by atoms with Crippen molar-refractivity contribution in [1.29, 1.82) is 0 Å². The van der Waals surface area contributed by atoms with Crippen LogP contribution in [-0.2, 0) is 0 Å². The monoisotopic (exact) mass is 275 g/mol. The van der Waals surface area contributed by atoms with E-state index < -0.39 is 0 Å². The Hall–Kier alpha value is -1.02. The van der Waals surface area contributed by atoms with Gasteiger partial charge in [0.05, 0.1) is 6.61 Å². The first-order chi connectivity index (χ1) is 9.74. The van der Waals surface area contributed by atoms with Gasteiger partial charge in [0.1, 0.15) is 5.75 Å². The van der Waals surface area contributed by atoms with Gasteiger partial charge in [0.2, 0.25) is 0 Å². The molecule has 0 spiro atoms. The average molecular weight is 275 g/mol. The first-order valence-electron chi connectivity index (χ1n) is 8.20. The second-order valence-corrected chi connectivity index (χ2v) is 6.07. The van der Waals surface area contributed by atoms with Crippen molar-refractivity contribution in [2.75, 3.05) is 13.2 Å². The van der Waals surface area contributed by atoms with Crippen molar-refractivity contribution in [1.82, 2.24) is 5.32 Å². The van der Waals surface area contributed by atoms with E-state index >= 15 is 0 Å². The van der Waals surface area contributed by atoms with Crippen molar-refractivity contribution in [3.63, 3.8) is 0 Å². The average Bonchev–Trinajstić information content (AvgIpc) is 2.46. The molecule has 0 saturated heterocycles. The first kappa shape index (κ1) is 15.4. The highest BCUT2D eigenvalue weighted by atomic mass is 16.5. The summed E-state index contributed by atoms with van der Waals surface area (Å²) in [5, 5.41) is 3.70. The van der Waals surface area contributed by atoms with Crippen molar-refractivity contribution < 1.29 is 4.74 Å². The van der Waals surface area contributed by atoms with Gasteiger partial charge >= 0.3 is 0 Å². The molecular formula is C18H29NO. The maximum atomic E-state index is 5.54. The Morgan fingerprint density at radius 2 is 1.95 bits per heavy atom. The summed E-state index contributed by atoms with van der Waals surface area (Å²) >= 11 is 0. The fraction of sp³-hybridized carbons (Fsp3) is 0.667. The lowest BCUT2D eigenvalue weighted by atomic mass is 9.76. The maximum absolute atomic E-state index is 5.54. The molecule has 1 saturated carbocycles. The highest BCUT2D eigenvalue weighted by Crippen LogP contribution is 2.37. The van der Waals surface area contributed by atoms with Crippen LogP contribution < -0.4 is 10.1 Å². The Bertz CT molecular complexity index is 387. The molecule has 0 amide bonds. The molecule has 0 radical (unpaired) electrons. The van der Waals surface area contributed by atoms with Crippen LogP contribution in [0, 0.1) is 11.8 Å². The Morgan fingerprint density at radius 1 is 1.20 bits per heavy atom. The van der Waals surface area contributed by atoms with E-state index in [9.17, 15) is 0 Å². The zero-order chi connectivity index (χ0) is 14.4. The van der Waals surface area contributed by atoms with E-state index in [1.165, 1.54) is 31.2 Å². The molecular weight excluding hydrogens is 246 g/mol. The van der Waals surface area contributed by atoms with Crippen LogP contribution in [0.5, 0.6) is 5.75 Å². The van der Waals surface area contributed by atoms with Crippen LogP contribution in [0.15, 0.2) is 24.3 Å². The van der Waals surface area contributed by atoms with Gasteiger partial charge in [-0.15, -0.1) is 0 Å². The van der Waals surface area contributed by atoms with Gasteiger partial charge in [-0.3, -0.25) is 0 Å². The van der Waals surface area contributed by atoms with E-state index in [0.29, 0.717) is 6.04 Å². The highest BCUT2D eigenvalue weighted by Gasteiger charge is 2.27. The van der Waals surface area contributed by atoms with Gasteiger partial charge in [-0.1, -0.05) is 38.8 Å². The van der Waals surface area contributed by atoms with Crippen molar-refractivity contribution in [2.24, 2.45) is 11.8 Å². The van der Waals surface area contributed by atoms with E-state index in [4.69, 9.17) is 4.74 Å². The summed E-state index contributed by atoms with van der Waals surface area (Å²) in [7, 11) is 0. The third kappa shape index (κ3) is 3.99. The van der Waals surface area contributed by atoms with Gasteiger partial charge in [0.15, 0.2) is 0 Å². The Labute approximate surface area is 123 Å². The third-order valence-electron chi connectivity index (χ3n) is 4.42. The van der Waals surface area contributed by atoms with Crippen molar-refractivity contribution in [3.05, 3.63) is 29.8 Å². The molecule has 2 nitrogen and oxygen atoms in total. The number of rotatable bonds is 6. The lowest BCUT2D eigenvalue weighted by Gasteiger charge is -2.34. The molecule has 20 heavy (non-hydrogen) atoms.